The Labute approximate surface area is 124 Å². The number of halogens is 3. The Hall–Kier alpha value is -0.900. The highest BCUT2D eigenvalue weighted by Gasteiger charge is 2.03. The van der Waals surface area contributed by atoms with Crippen LogP contribution >= 0.6 is 39.1 Å². The molecule has 0 aromatic heterocycles. The molecule has 0 atom stereocenters. The third kappa shape index (κ3) is 3.31. The van der Waals surface area contributed by atoms with Gasteiger partial charge in [0.05, 0.1) is 5.02 Å². The smallest absolute Gasteiger partial charge is 0.134 e. The lowest BCUT2D eigenvalue weighted by Crippen LogP contribution is -2.00. The molecule has 94 valence electrons. The zero-order valence-corrected chi connectivity index (χ0v) is 12.4. The number of phenolic OH excluding ortho intramolecular Hbond substituents is 1. The predicted octanol–water partition coefficient (Wildman–Crippen LogP) is 5.07. The van der Waals surface area contributed by atoms with Gasteiger partial charge in [0.15, 0.2) is 0 Å². The molecule has 0 bridgehead atoms. The first-order valence-electron chi connectivity index (χ1n) is 5.22. The SMILES string of the molecule is Oc1ccc(NCc2cc(Br)ccc2Cl)cc1Cl. The van der Waals surface area contributed by atoms with Crippen molar-refractivity contribution in [2.45, 2.75) is 6.54 Å². The van der Waals surface area contributed by atoms with Gasteiger partial charge in [-0.3, -0.25) is 0 Å². The molecular formula is C13H10BrCl2NO. The van der Waals surface area contributed by atoms with E-state index in [1.807, 2.05) is 18.2 Å². The lowest BCUT2D eigenvalue weighted by Gasteiger charge is -2.09. The molecule has 2 nitrogen and oxygen atoms in total. The average Bonchev–Trinajstić information content (AvgIpc) is 2.34. The van der Waals surface area contributed by atoms with Gasteiger partial charge in [0.2, 0.25) is 0 Å². The largest absolute Gasteiger partial charge is 0.506 e. The molecule has 0 radical (unpaired) electrons. The highest BCUT2D eigenvalue weighted by Crippen LogP contribution is 2.27. The van der Waals surface area contributed by atoms with Crippen LogP contribution in [0.2, 0.25) is 10.0 Å². The van der Waals surface area contributed by atoms with Crippen molar-refractivity contribution in [2.75, 3.05) is 5.32 Å². The van der Waals surface area contributed by atoms with Crippen LogP contribution in [0, 0.1) is 0 Å². The van der Waals surface area contributed by atoms with Gasteiger partial charge in [0.1, 0.15) is 5.75 Å². The summed E-state index contributed by atoms with van der Waals surface area (Å²) in [5.41, 5.74) is 1.81. The molecule has 2 aromatic rings. The van der Waals surface area contributed by atoms with Crippen molar-refractivity contribution in [3.8, 4) is 5.75 Å². The second-order valence-electron chi connectivity index (χ2n) is 3.76. The van der Waals surface area contributed by atoms with Gasteiger partial charge in [-0.05, 0) is 42.0 Å². The summed E-state index contributed by atoms with van der Waals surface area (Å²) in [5, 5.41) is 13.5. The molecule has 0 spiro atoms. The van der Waals surface area contributed by atoms with Crippen molar-refractivity contribution >= 4 is 44.8 Å². The first kappa shape index (κ1) is 13.5. The highest BCUT2D eigenvalue weighted by atomic mass is 79.9. The summed E-state index contributed by atoms with van der Waals surface area (Å²) in [5.74, 6) is 0.0719. The number of anilines is 1. The van der Waals surface area contributed by atoms with E-state index in [1.165, 1.54) is 0 Å². The van der Waals surface area contributed by atoms with E-state index in [-0.39, 0.29) is 5.75 Å². The van der Waals surface area contributed by atoms with Gasteiger partial charge in [-0.1, -0.05) is 39.1 Å². The van der Waals surface area contributed by atoms with E-state index in [4.69, 9.17) is 23.2 Å². The van der Waals surface area contributed by atoms with Crippen LogP contribution in [0.25, 0.3) is 0 Å². The van der Waals surface area contributed by atoms with E-state index in [0.717, 1.165) is 15.7 Å². The summed E-state index contributed by atoms with van der Waals surface area (Å²) >= 11 is 15.3. The Bertz CT molecular complexity index is 575. The minimum Gasteiger partial charge on any atom is -0.506 e. The van der Waals surface area contributed by atoms with Crippen LogP contribution in [-0.4, -0.2) is 5.11 Å². The normalized spacial score (nSPS) is 10.4. The fourth-order valence-electron chi connectivity index (χ4n) is 1.49. The zero-order valence-electron chi connectivity index (χ0n) is 9.25. The van der Waals surface area contributed by atoms with Crippen molar-refractivity contribution in [1.29, 1.82) is 0 Å². The number of benzene rings is 2. The minimum absolute atomic E-state index is 0.0719. The standard InChI is InChI=1S/C13H10BrCl2NO/c14-9-1-3-11(15)8(5-9)7-17-10-2-4-13(18)12(16)6-10/h1-6,17-18H,7H2. The van der Waals surface area contributed by atoms with E-state index in [1.54, 1.807) is 18.2 Å². The number of hydrogen-bond donors (Lipinski definition) is 2. The van der Waals surface area contributed by atoms with Gasteiger partial charge in [-0.25, -0.2) is 0 Å². The van der Waals surface area contributed by atoms with Gasteiger partial charge in [-0.15, -0.1) is 0 Å². The Balaban J connectivity index is 2.11. The average molecular weight is 347 g/mol. The predicted molar refractivity (Wildman–Crippen MR) is 79.6 cm³/mol. The molecule has 2 rings (SSSR count). The fraction of sp³-hybridized carbons (Fsp3) is 0.0769. The van der Waals surface area contributed by atoms with Crippen LogP contribution in [0.5, 0.6) is 5.75 Å². The lowest BCUT2D eigenvalue weighted by molar-refractivity contribution is 0.475. The first-order chi connectivity index (χ1) is 8.56. The molecule has 0 saturated heterocycles. The second kappa shape index (κ2) is 5.83. The molecule has 0 heterocycles. The summed E-state index contributed by atoms with van der Waals surface area (Å²) in [6.07, 6.45) is 0. The summed E-state index contributed by atoms with van der Waals surface area (Å²) < 4.78 is 0.979. The number of rotatable bonds is 3. The highest BCUT2D eigenvalue weighted by molar-refractivity contribution is 9.10. The van der Waals surface area contributed by atoms with Crippen molar-refractivity contribution in [1.82, 2.24) is 0 Å². The van der Waals surface area contributed by atoms with Crippen molar-refractivity contribution < 1.29 is 5.11 Å². The Morgan fingerprint density at radius 1 is 1.06 bits per heavy atom. The zero-order chi connectivity index (χ0) is 13.1. The number of aromatic hydroxyl groups is 1. The maximum atomic E-state index is 9.32. The van der Waals surface area contributed by atoms with E-state index in [9.17, 15) is 5.11 Å². The maximum absolute atomic E-state index is 9.32. The lowest BCUT2D eigenvalue weighted by atomic mass is 10.2. The summed E-state index contributed by atoms with van der Waals surface area (Å²) in [6.45, 7) is 0.583. The summed E-state index contributed by atoms with van der Waals surface area (Å²) in [6, 6.07) is 10.7. The van der Waals surface area contributed by atoms with Crippen LogP contribution in [-0.2, 0) is 6.54 Å². The van der Waals surface area contributed by atoms with Crippen LogP contribution in [0.15, 0.2) is 40.9 Å². The molecule has 0 saturated carbocycles. The van der Waals surface area contributed by atoms with Crippen molar-refractivity contribution in [3.05, 3.63) is 56.5 Å². The van der Waals surface area contributed by atoms with Crippen LogP contribution < -0.4 is 5.32 Å². The van der Waals surface area contributed by atoms with Crippen molar-refractivity contribution in [3.63, 3.8) is 0 Å². The van der Waals surface area contributed by atoms with Gasteiger partial charge in [-0.2, -0.15) is 0 Å². The maximum Gasteiger partial charge on any atom is 0.134 e. The van der Waals surface area contributed by atoms with E-state index >= 15 is 0 Å². The minimum atomic E-state index is 0.0719. The Morgan fingerprint density at radius 3 is 2.56 bits per heavy atom. The molecule has 0 aliphatic heterocycles. The van der Waals surface area contributed by atoms with Gasteiger partial charge in [0, 0.05) is 21.7 Å². The fourth-order valence-corrected chi connectivity index (χ4v) is 2.27. The number of phenols is 1. The van der Waals surface area contributed by atoms with E-state index < -0.39 is 0 Å². The van der Waals surface area contributed by atoms with Gasteiger partial charge >= 0.3 is 0 Å². The number of hydrogen-bond acceptors (Lipinski definition) is 2. The van der Waals surface area contributed by atoms with Crippen LogP contribution in [0.3, 0.4) is 0 Å². The molecule has 0 aliphatic carbocycles. The van der Waals surface area contributed by atoms with Crippen LogP contribution in [0.4, 0.5) is 5.69 Å². The molecule has 0 unspecified atom stereocenters. The van der Waals surface area contributed by atoms with Gasteiger partial charge < -0.3 is 10.4 Å². The first-order valence-corrected chi connectivity index (χ1v) is 6.77. The molecule has 2 N–H and O–H groups in total. The van der Waals surface area contributed by atoms with E-state index in [2.05, 4.69) is 21.2 Å². The quantitative estimate of drug-likeness (QED) is 0.760. The molecular weight excluding hydrogens is 337 g/mol. The van der Waals surface area contributed by atoms with Gasteiger partial charge in [0.25, 0.3) is 0 Å². The number of nitrogens with one attached hydrogen (secondary N) is 1. The molecule has 5 heteroatoms. The topological polar surface area (TPSA) is 32.3 Å². The summed E-state index contributed by atoms with van der Waals surface area (Å²) in [7, 11) is 0. The molecule has 2 aromatic carbocycles. The van der Waals surface area contributed by atoms with Crippen molar-refractivity contribution in [2.24, 2.45) is 0 Å². The molecule has 0 amide bonds. The molecule has 18 heavy (non-hydrogen) atoms. The summed E-state index contributed by atoms with van der Waals surface area (Å²) in [4.78, 5) is 0. The second-order valence-corrected chi connectivity index (χ2v) is 5.49. The third-order valence-corrected chi connectivity index (χ3v) is 3.60. The molecule has 0 fully saturated rings. The van der Waals surface area contributed by atoms with Crippen LogP contribution in [0.1, 0.15) is 5.56 Å². The third-order valence-electron chi connectivity index (χ3n) is 2.44. The van der Waals surface area contributed by atoms with E-state index in [0.29, 0.717) is 16.6 Å². The Morgan fingerprint density at radius 2 is 1.83 bits per heavy atom. The monoisotopic (exact) mass is 345 g/mol. The molecule has 0 aliphatic rings. The Kier molecular flexibility index (Phi) is 4.38.